The molecular formula is C23H23Cl2FN6. The van der Waals surface area contributed by atoms with Crippen molar-refractivity contribution in [2.24, 2.45) is 0 Å². The zero-order chi connectivity index (χ0) is 22.2. The van der Waals surface area contributed by atoms with E-state index in [9.17, 15) is 4.39 Å². The van der Waals surface area contributed by atoms with Gasteiger partial charge in [-0.2, -0.15) is 5.10 Å². The monoisotopic (exact) mass is 472 g/mol. The second-order valence-electron chi connectivity index (χ2n) is 8.11. The van der Waals surface area contributed by atoms with Crippen LogP contribution in [0.1, 0.15) is 37.4 Å². The van der Waals surface area contributed by atoms with E-state index in [0.29, 0.717) is 16.6 Å². The first kappa shape index (κ1) is 21.2. The van der Waals surface area contributed by atoms with Crippen molar-refractivity contribution in [3.05, 3.63) is 70.5 Å². The van der Waals surface area contributed by atoms with Crippen LogP contribution >= 0.6 is 23.2 Å². The fourth-order valence-corrected chi connectivity index (χ4v) is 4.95. The van der Waals surface area contributed by atoms with E-state index in [1.54, 1.807) is 0 Å². The second-order valence-corrected chi connectivity index (χ2v) is 8.90. The van der Waals surface area contributed by atoms with E-state index in [2.05, 4.69) is 37.8 Å². The molecule has 1 unspecified atom stereocenters. The topological polar surface area (TPSA) is 59.7 Å². The van der Waals surface area contributed by atoms with Crippen molar-refractivity contribution in [1.29, 1.82) is 0 Å². The van der Waals surface area contributed by atoms with Crippen LogP contribution in [0.25, 0.3) is 22.2 Å². The lowest BCUT2D eigenvalue weighted by atomic mass is 10.1. The second kappa shape index (κ2) is 8.73. The van der Waals surface area contributed by atoms with E-state index in [-0.39, 0.29) is 11.1 Å². The molecule has 0 radical (unpaired) electrons. The number of rotatable bonds is 5. The van der Waals surface area contributed by atoms with E-state index in [4.69, 9.17) is 23.2 Å². The molecule has 4 aromatic rings. The molecule has 166 valence electrons. The summed E-state index contributed by atoms with van der Waals surface area (Å²) in [6.45, 7) is 3.92. The molecular weight excluding hydrogens is 450 g/mol. The van der Waals surface area contributed by atoms with Gasteiger partial charge < -0.3 is 10.7 Å². The SMILES string of the molecule is CC(Nn1ccc2ncc(-c3cnn(C4CCNCC4)c3)cc21)c1c(Cl)ccc(F)c1Cl. The predicted molar refractivity (Wildman–Crippen MR) is 126 cm³/mol. The van der Waals surface area contributed by atoms with Crippen LogP contribution < -0.4 is 10.7 Å². The number of hydrogen-bond acceptors (Lipinski definition) is 4. The lowest BCUT2D eigenvalue weighted by Crippen LogP contribution is -2.29. The Hall–Kier alpha value is -2.61. The summed E-state index contributed by atoms with van der Waals surface area (Å²) < 4.78 is 17.9. The van der Waals surface area contributed by atoms with Crippen LogP contribution in [0.4, 0.5) is 4.39 Å². The summed E-state index contributed by atoms with van der Waals surface area (Å²) in [5, 5.41) is 8.42. The molecule has 1 aliphatic rings. The van der Waals surface area contributed by atoms with Crippen LogP contribution in [0.3, 0.4) is 0 Å². The first-order valence-electron chi connectivity index (χ1n) is 10.6. The van der Waals surface area contributed by atoms with Gasteiger partial charge >= 0.3 is 0 Å². The zero-order valence-electron chi connectivity index (χ0n) is 17.5. The summed E-state index contributed by atoms with van der Waals surface area (Å²) in [7, 11) is 0. The van der Waals surface area contributed by atoms with Gasteiger partial charge in [0, 0.05) is 40.3 Å². The molecule has 1 atom stereocenters. The Kier molecular flexibility index (Phi) is 5.80. The largest absolute Gasteiger partial charge is 0.318 e. The minimum atomic E-state index is -0.494. The van der Waals surface area contributed by atoms with Crippen molar-refractivity contribution in [2.45, 2.75) is 31.8 Å². The quantitative estimate of drug-likeness (QED) is 0.372. The number of pyridine rings is 1. The van der Waals surface area contributed by atoms with Gasteiger partial charge in [0.05, 0.1) is 34.3 Å². The number of aromatic nitrogens is 4. The molecule has 0 amide bonds. The highest BCUT2D eigenvalue weighted by Crippen LogP contribution is 2.33. The van der Waals surface area contributed by atoms with Gasteiger partial charge in [-0.05, 0) is 57.1 Å². The number of benzene rings is 1. The molecule has 0 saturated carbocycles. The molecule has 3 aromatic heterocycles. The summed E-state index contributed by atoms with van der Waals surface area (Å²) in [6, 6.07) is 6.88. The van der Waals surface area contributed by atoms with Crippen LogP contribution in [-0.4, -0.2) is 32.5 Å². The lowest BCUT2D eigenvalue weighted by molar-refractivity contribution is 0.343. The third kappa shape index (κ3) is 3.96. The Morgan fingerprint density at radius 1 is 1.16 bits per heavy atom. The van der Waals surface area contributed by atoms with E-state index in [1.807, 2.05) is 36.3 Å². The zero-order valence-corrected chi connectivity index (χ0v) is 19.0. The molecule has 5 rings (SSSR count). The maximum absolute atomic E-state index is 14.0. The number of nitrogens with one attached hydrogen (secondary N) is 2. The molecule has 4 heterocycles. The summed E-state index contributed by atoms with van der Waals surface area (Å²) in [6.07, 6.45) is 9.88. The van der Waals surface area contributed by atoms with Gasteiger partial charge in [0.2, 0.25) is 0 Å². The number of nitrogens with zero attached hydrogens (tertiary/aromatic N) is 4. The Morgan fingerprint density at radius 3 is 2.78 bits per heavy atom. The fourth-order valence-electron chi connectivity index (χ4n) is 4.25. The van der Waals surface area contributed by atoms with E-state index < -0.39 is 5.82 Å². The molecule has 0 aliphatic carbocycles. The van der Waals surface area contributed by atoms with Crippen LogP contribution in [0, 0.1) is 5.82 Å². The Labute approximate surface area is 195 Å². The van der Waals surface area contributed by atoms with Gasteiger partial charge in [-0.15, -0.1) is 0 Å². The van der Waals surface area contributed by atoms with Crippen molar-refractivity contribution in [1.82, 2.24) is 24.8 Å². The molecule has 1 saturated heterocycles. The fraction of sp³-hybridized carbons (Fsp3) is 0.304. The Balaban J connectivity index is 1.43. The van der Waals surface area contributed by atoms with Crippen molar-refractivity contribution in [3.8, 4) is 11.1 Å². The van der Waals surface area contributed by atoms with E-state index in [0.717, 1.165) is 48.1 Å². The maximum Gasteiger partial charge on any atom is 0.142 e. The average molecular weight is 473 g/mol. The Bertz CT molecular complexity index is 1260. The molecule has 0 spiro atoms. The molecule has 2 N–H and O–H groups in total. The van der Waals surface area contributed by atoms with Gasteiger partial charge in [-0.3, -0.25) is 14.3 Å². The lowest BCUT2D eigenvalue weighted by Gasteiger charge is -2.22. The minimum Gasteiger partial charge on any atom is -0.318 e. The minimum absolute atomic E-state index is 0.0260. The summed E-state index contributed by atoms with van der Waals surface area (Å²) in [5.74, 6) is -0.494. The number of halogens is 3. The van der Waals surface area contributed by atoms with Gasteiger partial charge in [0.25, 0.3) is 0 Å². The van der Waals surface area contributed by atoms with Crippen LogP contribution in [0.2, 0.25) is 10.0 Å². The van der Waals surface area contributed by atoms with Gasteiger partial charge in [0.1, 0.15) is 5.82 Å². The standard InChI is InChI=1S/C23H23Cl2FN6/c1-14(22-18(24)2-3-19(26)23(22)25)30-31-9-6-20-21(31)10-15(11-28-20)16-12-29-32(13-16)17-4-7-27-8-5-17/h2-3,6,9-14,17,27,30H,4-5,7-8H2,1H3. The first-order chi connectivity index (χ1) is 15.5. The van der Waals surface area contributed by atoms with Crippen molar-refractivity contribution in [2.75, 3.05) is 18.5 Å². The predicted octanol–water partition coefficient (Wildman–Crippen LogP) is 5.57. The van der Waals surface area contributed by atoms with Crippen molar-refractivity contribution >= 4 is 34.2 Å². The van der Waals surface area contributed by atoms with Crippen LogP contribution in [0.5, 0.6) is 0 Å². The summed E-state index contributed by atoms with van der Waals surface area (Å²) in [4.78, 5) is 4.61. The molecule has 9 heteroatoms. The number of fused-ring (bicyclic) bond motifs is 1. The first-order valence-corrected chi connectivity index (χ1v) is 11.4. The smallest absolute Gasteiger partial charge is 0.142 e. The molecule has 1 aromatic carbocycles. The molecule has 1 aliphatic heterocycles. The Morgan fingerprint density at radius 2 is 1.97 bits per heavy atom. The summed E-state index contributed by atoms with van der Waals surface area (Å²) in [5.41, 5.74) is 7.60. The van der Waals surface area contributed by atoms with Gasteiger partial charge in [-0.1, -0.05) is 23.2 Å². The van der Waals surface area contributed by atoms with E-state index in [1.165, 1.54) is 12.1 Å². The average Bonchev–Trinajstić information content (AvgIpc) is 3.45. The summed E-state index contributed by atoms with van der Waals surface area (Å²) >= 11 is 12.5. The number of hydrogen-bond donors (Lipinski definition) is 2. The van der Waals surface area contributed by atoms with Crippen LogP contribution in [-0.2, 0) is 0 Å². The molecule has 6 nitrogen and oxygen atoms in total. The third-order valence-corrected chi connectivity index (χ3v) is 6.71. The molecule has 1 fully saturated rings. The van der Waals surface area contributed by atoms with Gasteiger partial charge in [0.15, 0.2) is 0 Å². The highest BCUT2D eigenvalue weighted by molar-refractivity contribution is 6.36. The highest BCUT2D eigenvalue weighted by Gasteiger charge is 2.19. The maximum atomic E-state index is 14.0. The highest BCUT2D eigenvalue weighted by atomic mass is 35.5. The normalized spacial score (nSPS) is 15.9. The van der Waals surface area contributed by atoms with Crippen molar-refractivity contribution < 1.29 is 4.39 Å². The number of piperidine rings is 1. The van der Waals surface area contributed by atoms with Crippen LogP contribution in [0.15, 0.2) is 49.1 Å². The van der Waals surface area contributed by atoms with Crippen molar-refractivity contribution in [3.63, 3.8) is 0 Å². The van der Waals surface area contributed by atoms with Gasteiger partial charge in [-0.25, -0.2) is 4.39 Å². The molecule has 32 heavy (non-hydrogen) atoms. The molecule has 0 bridgehead atoms. The third-order valence-electron chi connectivity index (χ3n) is 6.00. The van der Waals surface area contributed by atoms with E-state index >= 15 is 0 Å².